The Hall–Kier alpha value is -2.28. The zero-order valence-corrected chi connectivity index (χ0v) is 16.6. The molecule has 0 bridgehead atoms. The lowest BCUT2D eigenvalue weighted by Gasteiger charge is -2.32. The molecular formula is C20H29N7. The van der Waals surface area contributed by atoms with Gasteiger partial charge < -0.3 is 14.7 Å². The summed E-state index contributed by atoms with van der Waals surface area (Å²) in [6, 6.07) is 1.96. The summed E-state index contributed by atoms with van der Waals surface area (Å²) in [7, 11) is 2.15. The Morgan fingerprint density at radius 3 is 2.26 bits per heavy atom. The number of piperazine rings is 1. The normalized spacial score (nSPS) is 19.5. The van der Waals surface area contributed by atoms with Crippen LogP contribution in [0.5, 0.6) is 0 Å². The van der Waals surface area contributed by atoms with Gasteiger partial charge in [0.05, 0.1) is 11.4 Å². The Bertz CT molecular complexity index is 778. The van der Waals surface area contributed by atoms with Crippen molar-refractivity contribution in [3.8, 4) is 11.3 Å². The van der Waals surface area contributed by atoms with Crippen molar-refractivity contribution in [2.24, 2.45) is 5.92 Å². The second-order valence-corrected chi connectivity index (χ2v) is 7.87. The molecule has 27 heavy (non-hydrogen) atoms. The molecule has 0 atom stereocenters. The molecule has 0 aromatic carbocycles. The lowest BCUT2D eigenvalue weighted by Crippen LogP contribution is -2.45. The summed E-state index contributed by atoms with van der Waals surface area (Å²) in [6.07, 6.45) is 6.18. The Morgan fingerprint density at radius 2 is 1.56 bits per heavy atom. The third kappa shape index (κ3) is 4.03. The number of rotatable bonds is 3. The van der Waals surface area contributed by atoms with Crippen LogP contribution in [0.15, 0.2) is 18.5 Å². The Balaban J connectivity index is 1.54. The zero-order chi connectivity index (χ0) is 18.8. The van der Waals surface area contributed by atoms with Gasteiger partial charge in [0, 0.05) is 57.2 Å². The van der Waals surface area contributed by atoms with Gasteiger partial charge in [-0.3, -0.25) is 0 Å². The topological polar surface area (TPSA) is 61.3 Å². The molecule has 0 spiro atoms. The first-order valence-electron chi connectivity index (χ1n) is 9.95. The quantitative estimate of drug-likeness (QED) is 0.824. The summed E-state index contributed by atoms with van der Waals surface area (Å²) in [4.78, 5) is 25.6. The Morgan fingerprint density at radius 1 is 0.889 bits per heavy atom. The predicted molar refractivity (Wildman–Crippen MR) is 108 cm³/mol. The van der Waals surface area contributed by atoms with Crippen molar-refractivity contribution in [3.63, 3.8) is 0 Å². The number of aromatic nitrogens is 4. The molecule has 0 amide bonds. The van der Waals surface area contributed by atoms with Gasteiger partial charge in [-0.2, -0.15) is 0 Å². The van der Waals surface area contributed by atoms with Crippen molar-refractivity contribution in [1.29, 1.82) is 0 Å². The monoisotopic (exact) mass is 367 g/mol. The van der Waals surface area contributed by atoms with Gasteiger partial charge in [0.1, 0.15) is 0 Å². The molecule has 2 aromatic rings. The highest BCUT2D eigenvalue weighted by molar-refractivity contribution is 5.62. The molecule has 7 heteroatoms. The van der Waals surface area contributed by atoms with E-state index in [1.54, 1.807) is 0 Å². The minimum Gasteiger partial charge on any atom is -0.341 e. The summed E-state index contributed by atoms with van der Waals surface area (Å²) < 4.78 is 0. The maximum Gasteiger partial charge on any atom is 0.225 e. The number of likely N-dealkylation sites (N-methyl/N-ethyl adjacent to an activating group) is 1. The van der Waals surface area contributed by atoms with Gasteiger partial charge in [0.2, 0.25) is 11.9 Å². The molecule has 0 radical (unpaired) electrons. The van der Waals surface area contributed by atoms with Crippen LogP contribution in [0.25, 0.3) is 11.3 Å². The van der Waals surface area contributed by atoms with E-state index in [2.05, 4.69) is 38.6 Å². The average Bonchev–Trinajstić information content (AvgIpc) is 2.69. The SMILES string of the molecule is Cc1nc(N2CCN(C)CC2)ncc1-c1ccnc(N2CCC(C)CC2)n1. The number of piperidine rings is 1. The van der Waals surface area contributed by atoms with E-state index in [4.69, 9.17) is 9.97 Å². The maximum atomic E-state index is 4.82. The first-order valence-corrected chi connectivity index (χ1v) is 9.95. The first-order chi connectivity index (χ1) is 13.1. The highest BCUT2D eigenvalue weighted by atomic mass is 15.3. The standard InChI is InChI=1S/C20H29N7/c1-15-5-8-26(9-6-15)19-21-7-4-18(24-19)17-14-22-20(23-16(17)2)27-12-10-25(3)11-13-27/h4,7,14-15H,5-6,8-13H2,1-3H3. The van der Waals surface area contributed by atoms with Gasteiger partial charge in [-0.1, -0.05) is 6.92 Å². The van der Waals surface area contributed by atoms with Crippen LogP contribution in [0.2, 0.25) is 0 Å². The van der Waals surface area contributed by atoms with Crippen LogP contribution >= 0.6 is 0 Å². The van der Waals surface area contributed by atoms with Gasteiger partial charge in [-0.05, 0) is 38.8 Å². The van der Waals surface area contributed by atoms with Crippen LogP contribution in [0, 0.1) is 12.8 Å². The fourth-order valence-electron chi connectivity index (χ4n) is 3.72. The molecule has 4 rings (SSSR count). The molecule has 4 heterocycles. The third-order valence-electron chi connectivity index (χ3n) is 5.74. The second-order valence-electron chi connectivity index (χ2n) is 7.87. The third-order valence-corrected chi connectivity index (χ3v) is 5.74. The smallest absolute Gasteiger partial charge is 0.225 e. The fourth-order valence-corrected chi connectivity index (χ4v) is 3.72. The van der Waals surface area contributed by atoms with E-state index in [0.29, 0.717) is 0 Å². The number of hydrogen-bond acceptors (Lipinski definition) is 7. The molecule has 2 aromatic heterocycles. The molecule has 144 valence electrons. The largest absolute Gasteiger partial charge is 0.341 e. The van der Waals surface area contributed by atoms with Gasteiger partial charge in [0.15, 0.2) is 0 Å². The minimum absolute atomic E-state index is 0.794. The highest BCUT2D eigenvalue weighted by Gasteiger charge is 2.20. The van der Waals surface area contributed by atoms with Crippen LogP contribution in [0.3, 0.4) is 0 Å². The lowest BCUT2D eigenvalue weighted by molar-refractivity contribution is 0.311. The number of anilines is 2. The predicted octanol–water partition coefficient (Wildman–Crippen LogP) is 2.23. The van der Waals surface area contributed by atoms with Gasteiger partial charge in [-0.25, -0.2) is 19.9 Å². The molecule has 2 fully saturated rings. The summed E-state index contributed by atoms with van der Waals surface area (Å²) in [5, 5.41) is 0. The van der Waals surface area contributed by atoms with Crippen LogP contribution < -0.4 is 9.80 Å². The van der Waals surface area contributed by atoms with Crippen molar-refractivity contribution in [1.82, 2.24) is 24.8 Å². The van der Waals surface area contributed by atoms with E-state index in [-0.39, 0.29) is 0 Å². The summed E-state index contributed by atoms with van der Waals surface area (Å²) in [5.74, 6) is 2.44. The van der Waals surface area contributed by atoms with Crippen molar-refractivity contribution < 1.29 is 0 Å². The van der Waals surface area contributed by atoms with Crippen LogP contribution in [0.1, 0.15) is 25.5 Å². The number of hydrogen-bond donors (Lipinski definition) is 0. The van der Waals surface area contributed by atoms with E-state index >= 15 is 0 Å². The van der Waals surface area contributed by atoms with Crippen molar-refractivity contribution in [2.75, 3.05) is 56.1 Å². The summed E-state index contributed by atoms with van der Waals surface area (Å²) in [6.45, 7) is 10.5. The molecule has 2 saturated heterocycles. The van der Waals surface area contributed by atoms with Crippen molar-refractivity contribution in [2.45, 2.75) is 26.7 Å². The number of nitrogens with zero attached hydrogens (tertiary/aromatic N) is 7. The first kappa shape index (κ1) is 18.1. The van der Waals surface area contributed by atoms with Crippen molar-refractivity contribution >= 4 is 11.9 Å². The van der Waals surface area contributed by atoms with Gasteiger partial charge >= 0.3 is 0 Å². The van der Waals surface area contributed by atoms with Crippen LogP contribution in [-0.4, -0.2) is 71.2 Å². The molecule has 2 aliphatic rings. The fraction of sp³-hybridized carbons (Fsp3) is 0.600. The maximum absolute atomic E-state index is 4.82. The van der Waals surface area contributed by atoms with Gasteiger partial charge in [-0.15, -0.1) is 0 Å². The Kier molecular flexibility index (Phi) is 5.20. The zero-order valence-electron chi connectivity index (χ0n) is 16.6. The summed E-state index contributed by atoms with van der Waals surface area (Å²) in [5.41, 5.74) is 2.86. The average molecular weight is 368 g/mol. The van der Waals surface area contributed by atoms with E-state index in [1.807, 2.05) is 25.4 Å². The van der Waals surface area contributed by atoms with Crippen molar-refractivity contribution in [3.05, 3.63) is 24.2 Å². The molecule has 0 saturated carbocycles. The minimum atomic E-state index is 0.794. The summed E-state index contributed by atoms with van der Waals surface area (Å²) >= 11 is 0. The number of aryl methyl sites for hydroxylation is 1. The second kappa shape index (κ2) is 7.76. The molecule has 0 unspecified atom stereocenters. The lowest BCUT2D eigenvalue weighted by atomic mass is 10.00. The molecule has 7 nitrogen and oxygen atoms in total. The molecular weight excluding hydrogens is 338 g/mol. The van der Waals surface area contributed by atoms with E-state index < -0.39 is 0 Å². The van der Waals surface area contributed by atoms with E-state index in [0.717, 1.165) is 74.0 Å². The highest BCUT2D eigenvalue weighted by Crippen LogP contribution is 2.25. The molecule has 0 N–H and O–H groups in total. The van der Waals surface area contributed by atoms with Crippen LogP contribution in [0.4, 0.5) is 11.9 Å². The molecule has 2 aliphatic heterocycles. The van der Waals surface area contributed by atoms with E-state index in [9.17, 15) is 0 Å². The van der Waals surface area contributed by atoms with E-state index in [1.165, 1.54) is 12.8 Å². The van der Waals surface area contributed by atoms with Crippen LogP contribution in [-0.2, 0) is 0 Å². The van der Waals surface area contributed by atoms with Gasteiger partial charge in [0.25, 0.3) is 0 Å². The Labute approximate surface area is 161 Å². The molecule has 0 aliphatic carbocycles.